The van der Waals surface area contributed by atoms with Crippen LogP contribution >= 0.6 is 0 Å². The molecule has 2 aromatic carbocycles. The minimum atomic E-state index is -0.311. The first-order valence-electron chi connectivity index (χ1n) is 7.92. The molecule has 7 heteroatoms. The largest absolute Gasteiger partial charge is 0.496 e. The van der Waals surface area contributed by atoms with Crippen molar-refractivity contribution in [3.8, 4) is 17.2 Å². The predicted octanol–water partition coefficient (Wildman–Crippen LogP) is 3.21. The van der Waals surface area contributed by atoms with Gasteiger partial charge in [-0.3, -0.25) is 4.79 Å². The van der Waals surface area contributed by atoms with E-state index < -0.39 is 0 Å². The molecule has 3 rings (SSSR count). The molecule has 0 saturated carbocycles. The molecule has 0 aromatic heterocycles. The zero-order valence-corrected chi connectivity index (χ0v) is 15.0. The predicted molar refractivity (Wildman–Crippen MR) is 100 cm³/mol. The Labute approximate surface area is 151 Å². The van der Waals surface area contributed by atoms with E-state index in [9.17, 15) is 4.79 Å². The summed E-state index contributed by atoms with van der Waals surface area (Å²) in [6.07, 6.45) is 0. The Hall–Kier alpha value is -3.35. The summed E-state index contributed by atoms with van der Waals surface area (Å²) in [5.41, 5.74) is 1.83. The number of hydrazone groups is 1. The summed E-state index contributed by atoms with van der Waals surface area (Å²) >= 11 is 0. The molecule has 0 fully saturated rings. The summed E-state index contributed by atoms with van der Waals surface area (Å²) in [5, 5.41) is 5.66. The number of carbonyl (C=O) groups excluding carboxylic acids is 1. The zero-order chi connectivity index (χ0) is 18.7. The second-order valence-corrected chi connectivity index (χ2v) is 5.48. The number of para-hydroxylation sites is 1. The van der Waals surface area contributed by atoms with Crippen LogP contribution in [0.5, 0.6) is 17.2 Å². The summed E-state index contributed by atoms with van der Waals surface area (Å²) in [5.74, 6) is 1.13. The van der Waals surface area contributed by atoms with Crippen molar-refractivity contribution in [2.24, 2.45) is 10.1 Å². The second-order valence-electron chi connectivity index (χ2n) is 5.48. The van der Waals surface area contributed by atoms with Gasteiger partial charge < -0.3 is 14.2 Å². The molecule has 1 aliphatic heterocycles. The van der Waals surface area contributed by atoms with Gasteiger partial charge in [-0.1, -0.05) is 18.2 Å². The van der Waals surface area contributed by atoms with Gasteiger partial charge in [-0.05, 0) is 19.1 Å². The molecule has 1 aliphatic rings. The van der Waals surface area contributed by atoms with Crippen LogP contribution in [0.15, 0.2) is 52.6 Å². The van der Waals surface area contributed by atoms with Crippen molar-refractivity contribution in [3.63, 3.8) is 0 Å². The summed E-state index contributed by atoms with van der Waals surface area (Å²) in [7, 11) is 4.59. The van der Waals surface area contributed by atoms with E-state index in [-0.39, 0.29) is 11.6 Å². The van der Waals surface area contributed by atoms with Crippen molar-refractivity contribution in [2.75, 3.05) is 26.3 Å². The average molecular weight is 353 g/mol. The SMILES string of the molecule is COc1cc(OC)c(N=C2C(=O)N(c3ccccc3)N=C2C)c(OC)c1. The number of methoxy groups -OCH3 is 3. The summed E-state index contributed by atoms with van der Waals surface area (Å²) in [6.45, 7) is 1.74. The Morgan fingerprint density at radius 2 is 1.58 bits per heavy atom. The highest BCUT2D eigenvalue weighted by atomic mass is 16.5. The van der Waals surface area contributed by atoms with Crippen molar-refractivity contribution in [1.29, 1.82) is 0 Å². The van der Waals surface area contributed by atoms with Gasteiger partial charge in [0.2, 0.25) is 0 Å². The number of hydrogen-bond donors (Lipinski definition) is 0. The Bertz CT molecular complexity index is 866. The number of rotatable bonds is 5. The lowest BCUT2D eigenvalue weighted by atomic mass is 10.2. The third-order valence-corrected chi connectivity index (χ3v) is 3.90. The van der Waals surface area contributed by atoms with Crippen molar-refractivity contribution < 1.29 is 19.0 Å². The molecular formula is C19H19N3O4. The van der Waals surface area contributed by atoms with E-state index in [1.54, 1.807) is 26.2 Å². The van der Waals surface area contributed by atoms with Crippen molar-refractivity contribution >= 4 is 28.7 Å². The molecule has 0 bridgehead atoms. The van der Waals surface area contributed by atoms with Crippen LogP contribution in [-0.2, 0) is 4.79 Å². The first-order valence-corrected chi connectivity index (χ1v) is 7.92. The average Bonchev–Trinajstić information content (AvgIpc) is 2.96. The minimum absolute atomic E-state index is 0.232. The molecule has 2 aromatic rings. The van der Waals surface area contributed by atoms with Crippen LogP contribution < -0.4 is 19.2 Å². The zero-order valence-electron chi connectivity index (χ0n) is 15.0. The standard InChI is InChI=1S/C19H19N3O4/c1-12-17(19(23)22(21-12)13-8-6-5-7-9-13)20-18-15(25-3)10-14(24-2)11-16(18)26-4/h5-11H,1-4H3. The molecule has 0 N–H and O–H groups in total. The first kappa shape index (κ1) is 17.5. The topological polar surface area (TPSA) is 72.7 Å². The van der Waals surface area contributed by atoms with Gasteiger partial charge >= 0.3 is 0 Å². The fourth-order valence-corrected chi connectivity index (χ4v) is 2.58. The number of amides is 1. The fraction of sp³-hybridized carbons (Fsp3) is 0.211. The van der Waals surface area contributed by atoms with Crippen LogP contribution in [0.2, 0.25) is 0 Å². The molecule has 0 unspecified atom stereocenters. The normalized spacial score (nSPS) is 15.2. The highest BCUT2D eigenvalue weighted by molar-refractivity contribution is 6.71. The first-order chi connectivity index (χ1) is 12.6. The summed E-state index contributed by atoms with van der Waals surface area (Å²) < 4.78 is 16.0. The van der Waals surface area contributed by atoms with Gasteiger partial charge in [-0.2, -0.15) is 10.1 Å². The molecule has 26 heavy (non-hydrogen) atoms. The van der Waals surface area contributed by atoms with Crippen LogP contribution in [0.3, 0.4) is 0 Å². The number of hydrogen-bond acceptors (Lipinski definition) is 6. The van der Waals surface area contributed by atoms with E-state index in [2.05, 4.69) is 10.1 Å². The molecule has 0 spiro atoms. The van der Waals surface area contributed by atoms with Gasteiger partial charge in [-0.25, -0.2) is 4.99 Å². The van der Waals surface area contributed by atoms with Gasteiger partial charge in [0.25, 0.3) is 5.91 Å². The van der Waals surface area contributed by atoms with E-state index in [1.165, 1.54) is 19.2 Å². The van der Waals surface area contributed by atoms with Gasteiger partial charge in [0.15, 0.2) is 17.2 Å². The van der Waals surface area contributed by atoms with Gasteiger partial charge in [0.1, 0.15) is 11.4 Å². The molecule has 0 radical (unpaired) electrons. The van der Waals surface area contributed by atoms with Crippen LogP contribution in [0.4, 0.5) is 11.4 Å². The number of nitrogens with zero attached hydrogens (tertiary/aromatic N) is 3. The van der Waals surface area contributed by atoms with Crippen LogP contribution in [0.1, 0.15) is 6.92 Å². The molecular weight excluding hydrogens is 334 g/mol. The van der Waals surface area contributed by atoms with Crippen molar-refractivity contribution in [3.05, 3.63) is 42.5 Å². The Kier molecular flexibility index (Phi) is 4.88. The highest BCUT2D eigenvalue weighted by Crippen LogP contribution is 2.41. The van der Waals surface area contributed by atoms with Crippen LogP contribution in [0.25, 0.3) is 0 Å². The molecule has 0 atom stereocenters. The smallest absolute Gasteiger partial charge is 0.299 e. The quantitative estimate of drug-likeness (QED) is 0.827. The van der Waals surface area contributed by atoms with E-state index in [0.717, 1.165) is 0 Å². The second kappa shape index (κ2) is 7.26. The Balaban J connectivity index is 2.06. The van der Waals surface area contributed by atoms with E-state index in [4.69, 9.17) is 14.2 Å². The highest BCUT2D eigenvalue weighted by Gasteiger charge is 2.31. The molecule has 1 heterocycles. The lowest BCUT2D eigenvalue weighted by molar-refractivity contribution is -0.112. The number of benzene rings is 2. The van der Waals surface area contributed by atoms with Gasteiger partial charge in [0, 0.05) is 12.1 Å². The summed E-state index contributed by atoms with van der Waals surface area (Å²) in [6, 6.07) is 12.6. The van der Waals surface area contributed by atoms with Crippen LogP contribution in [-0.4, -0.2) is 38.7 Å². The van der Waals surface area contributed by atoms with Gasteiger partial charge in [-0.15, -0.1) is 0 Å². The molecule has 0 aliphatic carbocycles. The van der Waals surface area contributed by atoms with E-state index in [1.807, 2.05) is 30.3 Å². The third kappa shape index (κ3) is 3.11. The maximum absolute atomic E-state index is 12.8. The summed E-state index contributed by atoms with van der Waals surface area (Å²) in [4.78, 5) is 17.3. The molecule has 1 amide bonds. The number of aliphatic imine (C=N–C) groups is 1. The fourth-order valence-electron chi connectivity index (χ4n) is 2.58. The van der Waals surface area contributed by atoms with E-state index in [0.29, 0.717) is 34.3 Å². The third-order valence-electron chi connectivity index (χ3n) is 3.90. The van der Waals surface area contributed by atoms with Crippen molar-refractivity contribution in [1.82, 2.24) is 0 Å². The van der Waals surface area contributed by atoms with E-state index >= 15 is 0 Å². The number of carbonyl (C=O) groups is 1. The Morgan fingerprint density at radius 3 is 2.12 bits per heavy atom. The molecule has 0 saturated heterocycles. The molecule has 7 nitrogen and oxygen atoms in total. The maximum Gasteiger partial charge on any atom is 0.299 e. The monoisotopic (exact) mass is 353 g/mol. The Morgan fingerprint density at radius 1 is 0.962 bits per heavy atom. The lowest BCUT2D eigenvalue weighted by Gasteiger charge is -2.13. The lowest BCUT2D eigenvalue weighted by Crippen LogP contribution is -2.27. The molecule has 134 valence electrons. The number of ether oxygens (including phenoxy) is 3. The number of anilines is 1. The minimum Gasteiger partial charge on any atom is -0.496 e. The maximum atomic E-state index is 12.8. The van der Waals surface area contributed by atoms with Crippen LogP contribution in [0, 0.1) is 0 Å². The van der Waals surface area contributed by atoms with Gasteiger partial charge in [0.05, 0.1) is 32.7 Å². The van der Waals surface area contributed by atoms with Crippen molar-refractivity contribution in [2.45, 2.75) is 6.92 Å².